The maximum absolute atomic E-state index is 12.3. The van der Waals surface area contributed by atoms with E-state index >= 15 is 0 Å². The van der Waals surface area contributed by atoms with E-state index in [0.29, 0.717) is 11.4 Å². The molecule has 0 atom stereocenters. The second kappa shape index (κ2) is 6.12. The molecule has 6 nitrogen and oxygen atoms in total. The zero-order valence-electron chi connectivity index (χ0n) is 11.5. The minimum atomic E-state index is -0.201. The molecule has 0 saturated carbocycles. The number of anilines is 2. The molecule has 0 unspecified atom stereocenters. The zero-order chi connectivity index (χ0) is 14.5. The molecule has 2 rings (SSSR count). The van der Waals surface area contributed by atoms with Crippen LogP contribution in [0.15, 0.2) is 30.6 Å². The molecular weight excluding hydrogens is 254 g/mol. The third-order valence-electron chi connectivity index (χ3n) is 2.92. The number of nitrogens with one attached hydrogen (secondary N) is 2. The van der Waals surface area contributed by atoms with E-state index in [9.17, 15) is 4.79 Å². The number of hydrogen-bond donors (Lipinski definition) is 3. The Morgan fingerprint density at radius 1 is 1.40 bits per heavy atom. The lowest BCUT2D eigenvalue weighted by molar-refractivity contribution is 0.102. The van der Waals surface area contributed by atoms with E-state index in [2.05, 4.69) is 20.7 Å². The highest BCUT2D eigenvalue weighted by atomic mass is 16.1. The number of nitrogen functional groups attached to an aromatic ring is 1. The molecule has 0 fully saturated rings. The van der Waals surface area contributed by atoms with Crippen LogP contribution in [0.1, 0.15) is 28.5 Å². The van der Waals surface area contributed by atoms with Crippen LogP contribution in [-0.4, -0.2) is 15.9 Å². The lowest BCUT2D eigenvalue weighted by atomic mass is 10.1. The standard InChI is InChI=1S/C14H17N5O/c1-3-11-6-10(7-13(17-11)19-15)14(20)18-12-4-5-16-8-9(12)2/h4-8H,3,15H2,1-2H3,(H,17,19)(H,16,18,20). The molecule has 0 aliphatic carbocycles. The number of nitrogens with zero attached hydrogens (tertiary/aromatic N) is 2. The Morgan fingerprint density at radius 3 is 2.85 bits per heavy atom. The van der Waals surface area contributed by atoms with Crippen LogP contribution >= 0.6 is 0 Å². The number of hydrazine groups is 1. The predicted molar refractivity (Wildman–Crippen MR) is 78.4 cm³/mol. The largest absolute Gasteiger partial charge is 0.322 e. The summed E-state index contributed by atoms with van der Waals surface area (Å²) in [6.45, 7) is 3.86. The van der Waals surface area contributed by atoms with Gasteiger partial charge in [0.15, 0.2) is 0 Å². The number of amides is 1. The second-order valence-corrected chi connectivity index (χ2v) is 4.38. The van der Waals surface area contributed by atoms with Gasteiger partial charge in [0.2, 0.25) is 0 Å². The fourth-order valence-electron chi connectivity index (χ4n) is 1.78. The van der Waals surface area contributed by atoms with Gasteiger partial charge in [-0.2, -0.15) is 0 Å². The normalized spacial score (nSPS) is 10.2. The Balaban J connectivity index is 2.27. The number of aromatic nitrogens is 2. The lowest BCUT2D eigenvalue weighted by Crippen LogP contribution is -2.16. The Morgan fingerprint density at radius 2 is 2.20 bits per heavy atom. The molecule has 20 heavy (non-hydrogen) atoms. The van der Waals surface area contributed by atoms with Gasteiger partial charge in [-0.1, -0.05) is 6.92 Å². The van der Waals surface area contributed by atoms with Gasteiger partial charge in [0.25, 0.3) is 5.91 Å². The van der Waals surface area contributed by atoms with Crippen LogP contribution in [0.4, 0.5) is 11.5 Å². The summed E-state index contributed by atoms with van der Waals surface area (Å²) in [6.07, 6.45) is 4.07. The van der Waals surface area contributed by atoms with Crippen molar-refractivity contribution in [1.82, 2.24) is 9.97 Å². The Hall–Kier alpha value is -2.47. The molecule has 2 aromatic heterocycles. The molecule has 0 bridgehead atoms. The van der Waals surface area contributed by atoms with E-state index < -0.39 is 0 Å². The third kappa shape index (κ3) is 3.10. The van der Waals surface area contributed by atoms with Crippen molar-refractivity contribution in [3.05, 3.63) is 47.4 Å². The predicted octanol–water partition coefficient (Wildman–Crippen LogP) is 1.89. The van der Waals surface area contributed by atoms with E-state index in [0.717, 1.165) is 23.4 Å². The van der Waals surface area contributed by atoms with Crippen molar-refractivity contribution >= 4 is 17.4 Å². The van der Waals surface area contributed by atoms with Crippen molar-refractivity contribution in [3.63, 3.8) is 0 Å². The van der Waals surface area contributed by atoms with Gasteiger partial charge in [0.05, 0.1) is 0 Å². The number of carbonyl (C=O) groups excluding carboxylic acids is 1. The highest BCUT2D eigenvalue weighted by Gasteiger charge is 2.10. The van der Waals surface area contributed by atoms with Crippen molar-refractivity contribution in [2.45, 2.75) is 20.3 Å². The molecule has 2 aromatic rings. The fourth-order valence-corrected chi connectivity index (χ4v) is 1.78. The number of aryl methyl sites for hydroxylation is 2. The van der Waals surface area contributed by atoms with Crippen molar-refractivity contribution in [1.29, 1.82) is 0 Å². The number of hydrogen-bond acceptors (Lipinski definition) is 5. The van der Waals surface area contributed by atoms with Crippen molar-refractivity contribution in [2.75, 3.05) is 10.7 Å². The topological polar surface area (TPSA) is 92.9 Å². The smallest absolute Gasteiger partial charge is 0.255 e. The Labute approximate surface area is 117 Å². The zero-order valence-corrected chi connectivity index (χ0v) is 11.5. The van der Waals surface area contributed by atoms with Gasteiger partial charge >= 0.3 is 0 Å². The highest BCUT2D eigenvalue weighted by Crippen LogP contribution is 2.15. The first-order valence-electron chi connectivity index (χ1n) is 6.33. The number of rotatable bonds is 4. The van der Waals surface area contributed by atoms with Crippen molar-refractivity contribution in [3.8, 4) is 0 Å². The summed E-state index contributed by atoms with van der Waals surface area (Å²) in [5, 5.41) is 2.85. The summed E-state index contributed by atoms with van der Waals surface area (Å²) in [4.78, 5) is 20.5. The lowest BCUT2D eigenvalue weighted by Gasteiger charge is -2.10. The monoisotopic (exact) mass is 271 g/mol. The fraction of sp³-hybridized carbons (Fsp3) is 0.214. The first-order valence-corrected chi connectivity index (χ1v) is 6.33. The van der Waals surface area contributed by atoms with Gasteiger partial charge < -0.3 is 10.7 Å². The second-order valence-electron chi connectivity index (χ2n) is 4.38. The van der Waals surface area contributed by atoms with Gasteiger partial charge in [-0.25, -0.2) is 10.8 Å². The van der Waals surface area contributed by atoms with Crippen LogP contribution < -0.4 is 16.6 Å². The first-order chi connectivity index (χ1) is 9.63. The van der Waals surface area contributed by atoms with Crippen LogP contribution in [0.25, 0.3) is 0 Å². The van der Waals surface area contributed by atoms with E-state index in [-0.39, 0.29) is 5.91 Å². The molecule has 0 aliphatic heterocycles. The molecule has 4 N–H and O–H groups in total. The van der Waals surface area contributed by atoms with Gasteiger partial charge in [-0.15, -0.1) is 0 Å². The van der Waals surface area contributed by atoms with Gasteiger partial charge in [-0.3, -0.25) is 9.78 Å². The molecule has 6 heteroatoms. The number of pyridine rings is 2. The van der Waals surface area contributed by atoms with Crippen LogP contribution in [-0.2, 0) is 6.42 Å². The van der Waals surface area contributed by atoms with E-state index in [1.165, 1.54) is 0 Å². The molecular formula is C14H17N5O. The minimum Gasteiger partial charge on any atom is -0.322 e. The maximum atomic E-state index is 12.3. The quantitative estimate of drug-likeness (QED) is 0.583. The molecule has 0 aliphatic rings. The Kier molecular flexibility index (Phi) is 4.27. The van der Waals surface area contributed by atoms with Crippen molar-refractivity contribution in [2.24, 2.45) is 5.84 Å². The van der Waals surface area contributed by atoms with E-state index in [1.807, 2.05) is 13.8 Å². The average Bonchev–Trinajstić information content (AvgIpc) is 2.48. The summed E-state index contributed by atoms with van der Waals surface area (Å²) in [5.41, 5.74) is 5.43. The summed E-state index contributed by atoms with van der Waals surface area (Å²) in [5.74, 6) is 5.64. The SMILES string of the molecule is CCc1cc(C(=O)Nc2ccncc2C)cc(NN)n1. The van der Waals surface area contributed by atoms with Crippen LogP contribution in [0.3, 0.4) is 0 Å². The molecule has 0 aromatic carbocycles. The van der Waals surface area contributed by atoms with Crippen LogP contribution in [0, 0.1) is 6.92 Å². The van der Waals surface area contributed by atoms with E-state index in [1.54, 1.807) is 30.6 Å². The summed E-state index contributed by atoms with van der Waals surface area (Å²) in [6, 6.07) is 5.13. The molecule has 0 radical (unpaired) electrons. The van der Waals surface area contributed by atoms with E-state index in [4.69, 9.17) is 5.84 Å². The Bertz CT molecular complexity index is 604. The number of carbonyl (C=O) groups is 1. The summed E-state index contributed by atoms with van der Waals surface area (Å²) < 4.78 is 0. The molecule has 0 saturated heterocycles. The van der Waals surface area contributed by atoms with Crippen LogP contribution in [0.5, 0.6) is 0 Å². The third-order valence-corrected chi connectivity index (χ3v) is 2.92. The molecule has 2 heterocycles. The minimum absolute atomic E-state index is 0.201. The molecule has 1 amide bonds. The van der Waals surface area contributed by atoms with Gasteiger partial charge in [-0.05, 0) is 37.1 Å². The van der Waals surface area contributed by atoms with Crippen molar-refractivity contribution < 1.29 is 4.79 Å². The van der Waals surface area contributed by atoms with Gasteiger partial charge in [0, 0.05) is 29.3 Å². The summed E-state index contributed by atoms with van der Waals surface area (Å²) >= 11 is 0. The highest BCUT2D eigenvalue weighted by molar-refractivity contribution is 6.05. The molecule has 104 valence electrons. The summed E-state index contributed by atoms with van der Waals surface area (Å²) in [7, 11) is 0. The average molecular weight is 271 g/mol. The van der Waals surface area contributed by atoms with Crippen LogP contribution in [0.2, 0.25) is 0 Å². The number of nitrogens with two attached hydrogens (primary N) is 1. The maximum Gasteiger partial charge on any atom is 0.255 e. The first kappa shape index (κ1) is 14.0. The van der Waals surface area contributed by atoms with Gasteiger partial charge in [0.1, 0.15) is 5.82 Å². The molecule has 0 spiro atoms.